The molecule has 0 aliphatic rings. The van der Waals surface area contributed by atoms with Crippen LogP contribution in [0.2, 0.25) is 0 Å². The van der Waals surface area contributed by atoms with Crippen molar-refractivity contribution in [3.8, 4) is 0 Å². The first-order valence-electron chi connectivity index (χ1n) is 6.33. The molecule has 0 aliphatic carbocycles. The molecule has 1 amide bonds. The Hall–Kier alpha value is -2.69. The zero-order chi connectivity index (χ0) is 14.1. The molecule has 100 valence electrons. The molecule has 0 saturated carbocycles. The van der Waals surface area contributed by atoms with Crippen LogP contribution in [0.15, 0.2) is 42.7 Å². The molecule has 3 aromatic heterocycles. The van der Waals surface area contributed by atoms with Gasteiger partial charge in [0.25, 0.3) is 5.91 Å². The van der Waals surface area contributed by atoms with Gasteiger partial charge in [-0.2, -0.15) is 5.10 Å². The number of aromatic nitrogens is 3. The number of carbonyl (C=O) groups excluding carboxylic acids is 1. The third kappa shape index (κ3) is 2.14. The van der Waals surface area contributed by atoms with Gasteiger partial charge in [-0.1, -0.05) is 6.07 Å². The van der Waals surface area contributed by atoms with Gasteiger partial charge >= 0.3 is 0 Å². The Morgan fingerprint density at radius 2 is 2.05 bits per heavy atom. The van der Waals surface area contributed by atoms with Crippen molar-refractivity contribution in [3.63, 3.8) is 0 Å². The first kappa shape index (κ1) is 12.3. The molecule has 3 heterocycles. The molecule has 3 aromatic rings. The van der Waals surface area contributed by atoms with Gasteiger partial charge < -0.3 is 5.32 Å². The summed E-state index contributed by atoms with van der Waals surface area (Å²) in [5.41, 5.74) is 3.77. The van der Waals surface area contributed by atoms with E-state index >= 15 is 0 Å². The van der Waals surface area contributed by atoms with Crippen molar-refractivity contribution in [2.75, 3.05) is 5.32 Å². The van der Waals surface area contributed by atoms with Gasteiger partial charge in [0.05, 0.1) is 28.7 Å². The summed E-state index contributed by atoms with van der Waals surface area (Å²) in [4.78, 5) is 16.7. The number of hydrogen-bond acceptors (Lipinski definition) is 3. The van der Waals surface area contributed by atoms with Crippen LogP contribution in [0.5, 0.6) is 0 Å². The molecule has 0 bridgehead atoms. The average Bonchev–Trinajstić information content (AvgIpc) is 2.86. The lowest BCUT2D eigenvalue weighted by molar-refractivity contribution is 0.102. The van der Waals surface area contributed by atoms with Crippen LogP contribution in [-0.2, 0) is 0 Å². The smallest absolute Gasteiger partial charge is 0.259 e. The van der Waals surface area contributed by atoms with Gasteiger partial charge in [0, 0.05) is 11.9 Å². The number of pyridine rings is 2. The molecule has 3 rings (SSSR count). The highest BCUT2D eigenvalue weighted by Crippen LogP contribution is 2.16. The van der Waals surface area contributed by atoms with Gasteiger partial charge in [-0.15, -0.1) is 0 Å². The average molecular weight is 266 g/mol. The normalized spacial score (nSPS) is 10.7. The topological polar surface area (TPSA) is 59.3 Å². The predicted molar refractivity (Wildman–Crippen MR) is 76.9 cm³/mol. The molecule has 0 fully saturated rings. The summed E-state index contributed by atoms with van der Waals surface area (Å²) in [6.07, 6.45) is 3.38. The third-order valence-electron chi connectivity index (χ3n) is 3.14. The maximum absolute atomic E-state index is 12.3. The highest BCUT2D eigenvalue weighted by atomic mass is 16.1. The molecule has 0 aliphatic heterocycles. The fourth-order valence-corrected chi connectivity index (χ4v) is 2.12. The second-order valence-electron chi connectivity index (χ2n) is 4.63. The van der Waals surface area contributed by atoms with Crippen LogP contribution in [0.4, 0.5) is 5.69 Å². The number of aryl methyl sites for hydroxylation is 2. The minimum atomic E-state index is -0.181. The largest absolute Gasteiger partial charge is 0.320 e. The Balaban J connectivity index is 1.93. The van der Waals surface area contributed by atoms with E-state index in [1.54, 1.807) is 10.7 Å². The van der Waals surface area contributed by atoms with Crippen molar-refractivity contribution < 1.29 is 4.79 Å². The van der Waals surface area contributed by atoms with E-state index in [0.717, 1.165) is 22.6 Å². The standard InChI is InChI=1S/C15H14N4O/c1-10-6-7-13(11(2)17-10)18-15(20)12-9-16-19-8-4-3-5-14(12)19/h3-9H,1-2H3,(H,18,20). The number of amides is 1. The SMILES string of the molecule is Cc1ccc(NC(=O)c2cnn3ccccc23)c(C)n1. The van der Waals surface area contributed by atoms with Crippen LogP contribution in [0, 0.1) is 13.8 Å². The van der Waals surface area contributed by atoms with Crippen molar-refractivity contribution in [1.29, 1.82) is 0 Å². The lowest BCUT2D eigenvalue weighted by Crippen LogP contribution is -2.13. The van der Waals surface area contributed by atoms with E-state index in [2.05, 4.69) is 15.4 Å². The maximum Gasteiger partial charge on any atom is 0.259 e. The van der Waals surface area contributed by atoms with Crippen LogP contribution in [0.3, 0.4) is 0 Å². The van der Waals surface area contributed by atoms with Gasteiger partial charge in [0.1, 0.15) is 0 Å². The second-order valence-corrected chi connectivity index (χ2v) is 4.63. The van der Waals surface area contributed by atoms with Crippen molar-refractivity contribution in [1.82, 2.24) is 14.6 Å². The number of carbonyl (C=O) groups is 1. The summed E-state index contributed by atoms with van der Waals surface area (Å²) in [7, 11) is 0. The van der Waals surface area contributed by atoms with E-state index in [-0.39, 0.29) is 5.91 Å². The monoisotopic (exact) mass is 266 g/mol. The summed E-state index contributed by atoms with van der Waals surface area (Å²) in [6.45, 7) is 3.79. The van der Waals surface area contributed by atoms with Gasteiger partial charge in [0.2, 0.25) is 0 Å². The van der Waals surface area contributed by atoms with E-state index in [0.29, 0.717) is 5.56 Å². The van der Waals surface area contributed by atoms with E-state index < -0.39 is 0 Å². The number of hydrogen-bond donors (Lipinski definition) is 1. The van der Waals surface area contributed by atoms with E-state index in [1.165, 1.54) is 0 Å². The van der Waals surface area contributed by atoms with Crippen molar-refractivity contribution >= 4 is 17.1 Å². The Labute approximate surface area is 116 Å². The Morgan fingerprint density at radius 3 is 2.85 bits per heavy atom. The molecule has 1 N–H and O–H groups in total. The number of fused-ring (bicyclic) bond motifs is 1. The summed E-state index contributed by atoms with van der Waals surface area (Å²) in [5, 5.41) is 7.04. The van der Waals surface area contributed by atoms with Gasteiger partial charge in [-0.05, 0) is 38.1 Å². The minimum Gasteiger partial charge on any atom is -0.320 e. The van der Waals surface area contributed by atoms with Crippen LogP contribution in [0.1, 0.15) is 21.7 Å². The van der Waals surface area contributed by atoms with E-state index in [9.17, 15) is 4.79 Å². The number of nitrogens with one attached hydrogen (secondary N) is 1. The Kier molecular flexibility index (Phi) is 2.95. The van der Waals surface area contributed by atoms with Gasteiger partial charge in [0.15, 0.2) is 0 Å². The van der Waals surface area contributed by atoms with Crippen LogP contribution in [0.25, 0.3) is 5.52 Å². The van der Waals surface area contributed by atoms with Crippen LogP contribution >= 0.6 is 0 Å². The lowest BCUT2D eigenvalue weighted by Gasteiger charge is -2.07. The van der Waals surface area contributed by atoms with Crippen molar-refractivity contribution in [2.24, 2.45) is 0 Å². The summed E-state index contributed by atoms with van der Waals surface area (Å²) < 4.78 is 1.68. The summed E-state index contributed by atoms with van der Waals surface area (Å²) in [6, 6.07) is 9.35. The van der Waals surface area contributed by atoms with Gasteiger partial charge in [-0.25, -0.2) is 4.52 Å². The quantitative estimate of drug-likeness (QED) is 0.775. The van der Waals surface area contributed by atoms with Crippen molar-refractivity contribution in [3.05, 3.63) is 59.7 Å². The van der Waals surface area contributed by atoms with Crippen molar-refractivity contribution in [2.45, 2.75) is 13.8 Å². The first-order chi connectivity index (χ1) is 9.65. The maximum atomic E-state index is 12.3. The molecule has 20 heavy (non-hydrogen) atoms. The molecule has 0 aromatic carbocycles. The summed E-state index contributed by atoms with van der Waals surface area (Å²) in [5.74, 6) is -0.181. The number of nitrogens with zero attached hydrogens (tertiary/aromatic N) is 3. The zero-order valence-corrected chi connectivity index (χ0v) is 11.3. The molecule has 0 atom stereocenters. The van der Waals surface area contributed by atoms with E-state index in [4.69, 9.17) is 0 Å². The minimum absolute atomic E-state index is 0.181. The molecular weight excluding hydrogens is 252 g/mol. The van der Waals surface area contributed by atoms with Crippen LogP contribution in [-0.4, -0.2) is 20.5 Å². The first-order valence-corrected chi connectivity index (χ1v) is 6.33. The predicted octanol–water partition coefficient (Wildman–Crippen LogP) is 2.60. The summed E-state index contributed by atoms with van der Waals surface area (Å²) >= 11 is 0. The molecule has 5 heteroatoms. The molecular formula is C15H14N4O. The highest BCUT2D eigenvalue weighted by Gasteiger charge is 2.13. The lowest BCUT2D eigenvalue weighted by atomic mass is 10.2. The Bertz CT molecular complexity index is 791. The fraction of sp³-hybridized carbons (Fsp3) is 0.133. The molecule has 0 spiro atoms. The Morgan fingerprint density at radius 1 is 1.20 bits per heavy atom. The molecule has 0 radical (unpaired) electrons. The fourth-order valence-electron chi connectivity index (χ4n) is 2.12. The van der Waals surface area contributed by atoms with E-state index in [1.807, 2.05) is 50.4 Å². The molecule has 5 nitrogen and oxygen atoms in total. The highest BCUT2D eigenvalue weighted by molar-refractivity contribution is 6.08. The zero-order valence-electron chi connectivity index (χ0n) is 11.3. The molecule has 0 saturated heterocycles. The number of rotatable bonds is 2. The number of anilines is 1. The third-order valence-corrected chi connectivity index (χ3v) is 3.14. The van der Waals surface area contributed by atoms with Crippen LogP contribution < -0.4 is 5.32 Å². The molecule has 0 unspecified atom stereocenters. The second kappa shape index (κ2) is 4.77. The van der Waals surface area contributed by atoms with Gasteiger partial charge in [-0.3, -0.25) is 9.78 Å².